The lowest BCUT2D eigenvalue weighted by Gasteiger charge is -2.34. The summed E-state index contributed by atoms with van der Waals surface area (Å²) in [5.41, 5.74) is 0.543. The van der Waals surface area contributed by atoms with Gasteiger partial charge in [-0.25, -0.2) is 21.6 Å². The van der Waals surface area contributed by atoms with Crippen LogP contribution in [0.15, 0.2) is 28.0 Å². The van der Waals surface area contributed by atoms with E-state index in [0.29, 0.717) is 11.5 Å². The van der Waals surface area contributed by atoms with Crippen molar-refractivity contribution in [2.75, 3.05) is 6.26 Å². The minimum atomic E-state index is -3.74. The molecule has 1 aromatic carbocycles. The summed E-state index contributed by atoms with van der Waals surface area (Å²) in [5.74, 6) is 0.733. The Hall–Kier alpha value is -0.920. The molecule has 3 unspecified atom stereocenters. The third-order valence-electron chi connectivity index (χ3n) is 4.89. The molecule has 0 radical (unpaired) electrons. The SMILES string of the molecule is Cc1ccc(S(C)(=O)=O)cc1S(=O)(=O)NC1CCCC(C)C1C. The number of rotatable bonds is 4. The normalized spacial score (nSPS) is 26.2. The van der Waals surface area contributed by atoms with Crippen molar-refractivity contribution in [3.63, 3.8) is 0 Å². The van der Waals surface area contributed by atoms with E-state index < -0.39 is 19.9 Å². The average molecular weight is 360 g/mol. The van der Waals surface area contributed by atoms with Gasteiger partial charge >= 0.3 is 0 Å². The minimum absolute atomic E-state index is 0.0218. The molecule has 1 aliphatic carbocycles. The van der Waals surface area contributed by atoms with E-state index in [9.17, 15) is 16.8 Å². The molecule has 0 heterocycles. The van der Waals surface area contributed by atoms with Gasteiger partial charge in [0, 0.05) is 12.3 Å². The third kappa shape index (κ3) is 4.14. The van der Waals surface area contributed by atoms with Crippen LogP contribution in [0.1, 0.15) is 38.7 Å². The molecule has 3 atom stereocenters. The number of hydrogen-bond donors (Lipinski definition) is 1. The second-order valence-electron chi connectivity index (χ2n) is 6.69. The van der Waals surface area contributed by atoms with Crippen molar-refractivity contribution in [3.05, 3.63) is 23.8 Å². The van der Waals surface area contributed by atoms with Crippen LogP contribution in [0.3, 0.4) is 0 Å². The molecule has 1 aromatic rings. The van der Waals surface area contributed by atoms with Gasteiger partial charge in [0.05, 0.1) is 9.79 Å². The molecule has 23 heavy (non-hydrogen) atoms. The smallest absolute Gasteiger partial charge is 0.224 e. The Labute approximate surface area is 139 Å². The number of sulfonamides is 1. The Bertz CT molecular complexity index is 784. The van der Waals surface area contributed by atoms with Crippen molar-refractivity contribution in [1.82, 2.24) is 4.72 Å². The highest BCUT2D eigenvalue weighted by atomic mass is 32.2. The molecule has 7 heteroatoms. The van der Waals surface area contributed by atoms with Gasteiger partial charge in [-0.05, 0) is 42.9 Å². The lowest BCUT2D eigenvalue weighted by Crippen LogP contribution is -2.43. The predicted octanol–water partition coefficient (Wildman–Crippen LogP) is 2.50. The fourth-order valence-electron chi connectivity index (χ4n) is 3.11. The highest BCUT2D eigenvalue weighted by Crippen LogP contribution is 2.31. The van der Waals surface area contributed by atoms with E-state index in [-0.39, 0.29) is 21.8 Å². The first kappa shape index (κ1) is 18.4. The first-order valence-electron chi connectivity index (χ1n) is 7.85. The zero-order valence-corrected chi connectivity index (χ0v) is 15.7. The Morgan fingerprint density at radius 1 is 1.09 bits per heavy atom. The molecule has 5 nitrogen and oxygen atoms in total. The summed E-state index contributed by atoms with van der Waals surface area (Å²) in [4.78, 5) is 0.0689. The highest BCUT2D eigenvalue weighted by molar-refractivity contribution is 7.91. The van der Waals surface area contributed by atoms with E-state index in [1.54, 1.807) is 6.92 Å². The van der Waals surface area contributed by atoms with Crippen LogP contribution >= 0.6 is 0 Å². The van der Waals surface area contributed by atoms with E-state index in [0.717, 1.165) is 25.5 Å². The molecular weight excluding hydrogens is 334 g/mol. The second-order valence-corrected chi connectivity index (χ2v) is 10.4. The Morgan fingerprint density at radius 2 is 1.74 bits per heavy atom. The minimum Gasteiger partial charge on any atom is -0.224 e. The topological polar surface area (TPSA) is 80.3 Å². The maximum absolute atomic E-state index is 12.7. The maximum Gasteiger partial charge on any atom is 0.241 e. The Balaban J connectivity index is 2.36. The molecule has 130 valence electrons. The zero-order chi connectivity index (χ0) is 17.4. The molecule has 1 aliphatic rings. The molecule has 0 amide bonds. The van der Waals surface area contributed by atoms with Crippen molar-refractivity contribution in [3.8, 4) is 0 Å². The van der Waals surface area contributed by atoms with Crippen LogP contribution < -0.4 is 4.72 Å². The first-order chi connectivity index (χ1) is 10.5. The van der Waals surface area contributed by atoms with Crippen LogP contribution in [-0.2, 0) is 19.9 Å². The summed E-state index contributed by atoms with van der Waals surface area (Å²) in [7, 11) is -7.19. The van der Waals surface area contributed by atoms with Crippen LogP contribution in [0, 0.1) is 18.8 Å². The maximum atomic E-state index is 12.7. The molecule has 1 N–H and O–H groups in total. The largest absolute Gasteiger partial charge is 0.241 e. The fraction of sp³-hybridized carbons (Fsp3) is 0.625. The summed E-state index contributed by atoms with van der Waals surface area (Å²) < 4.78 is 51.7. The van der Waals surface area contributed by atoms with Crippen LogP contribution in [0.25, 0.3) is 0 Å². The van der Waals surface area contributed by atoms with E-state index in [1.807, 2.05) is 0 Å². The average Bonchev–Trinajstić information content (AvgIpc) is 2.42. The van der Waals surface area contributed by atoms with Gasteiger partial charge in [-0.3, -0.25) is 0 Å². The van der Waals surface area contributed by atoms with E-state index in [1.165, 1.54) is 18.2 Å². The highest BCUT2D eigenvalue weighted by Gasteiger charge is 2.31. The van der Waals surface area contributed by atoms with E-state index in [4.69, 9.17) is 0 Å². The lowest BCUT2D eigenvalue weighted by molar-refractivity contribution is 0.227. The van der Waals surface area contributed by atoms with E-state index >= 15 is 0 Å². The van der Waals surface area contributed by atoms with Gasteiger partial charge in [-0.15, -0.1) is 0 Å². The van der Waals surface area contributed by atoms with Crippen LogP contribution in [0.4, 0.5) is 0 Å². The molecule has 1 saturated carbocycles. The molecule has 0 spiro atoms. The first-order valence-corrected chi connectivity index (χ1v) is 11.2. The zero-order valence-electron chi connectivity index (χ0n) is 14.0. The van der Waals surface area contributed by atoms with Gasteiger partial charge in [0.15, 0.2) is 9.84 Å². The standard InChI is InChI=1S/C16H25NO4S2/c1-11-6-5-7-15(13(11)3)17-23(20,21)16-10-14(22(4,18)19)9-8-12(16)2/h8-11,13,15,17H,5-7H2,1-4H3. The molecular formula is C16H25NO4S2. The van der Waals surface area contributed by atoms with Crippen molar-refractivity contribution in [2.45, 2.75) is 55.9 Å². The quantitative estimate of drug-likeness (QED) is 0.896. The number of sulfone groups is 1. The van der Waals surface area contributed by atoms with Crippen LogP contribution in [0.2, 0.25) is 0 Å². The molecule has 2 rings (SSSR count). The molecule has 0 aliphatic heterocycles. The lowest BCUT2D eigenvalue weighted by atomic mass is 9.78. The number of nitrogens with one attached hydrogen (secondary N) is 1. The Morgan fingerprint density at radius 3 is 2.35 bits per heavy atom. The van der Waals surface area contributed by atoms with Gasteiger partial charge in [0.2, 0.25) is 10.0 Å². The molecule has 0 bridgehead atoms. The third-order valence-corrected chi connectivity index (χ3v) is 7.63. The van der Waals surface area contributed by atoms with Gasteiger partial charge < -0.3 is 0 Å². The van der Waals surface area contributed by atoms with Crippen molar-refractivity contribution >= 4 is 19.9 Å². The van der Waals surface area contributed by atoms with Gasteiger partial charge in [0.25, 0.3) is 0 Å². The van der Waals surface area contributed by atoms with Crippen molar-refractivity contribution in [2.24, 2.45) is 11.8 Å². The summed E-state index contributed by atoms with van der Waals surface area (Å²) in [6, 6.07) is 4.13. The van der Waals surface area contributed by atoms with Crippen LogP contribution in [0.5, 0.6) is 0 Å². The molecule has 0 saturated heterocycles. The van der Waals surface area contributed by atoms with Crippen LogP contribution in [-0.4, -0.2) is 29.1 Å². The fourth-order valence-corrected chi connectivity index (χ4v) is 5.47. The number of hydrogen-bond acceptors (Lipinski definition) is 4. The second kappa shape index (κ2) is 6.53. The van der Waals surface area contributed by atoms with Gasteiger partial charge in [0.1, 0.15) is 0 Å². The van der Waals surface area contributed by atoms with Gasteiger partial charge in [-0.2, -0.15) is 0 Å². The van der Waals surface area contributed by atoms with E-state index in [2.05, 4.69) is 18.6 Å². The van der Waals surface area contributed by atoms with Crippen molar-refractivity contribution in [1.29, 1.82) is 0 Å². The number of benzene rings is 1. The monoisotopic (exact) mass is 359 g/mol. The summed E-state index contributed by atoms with van der Waals surface area (Å²) >= 11 is 0. The summed E-state index contributed by atoms with van der Waals surface area (Å²) in [5, 5.41) is 0. The molecule has 1 fully saturated rings. The molecule has 0 aromatic heterocycles. The van der Waals surface area contributed by atoms with Crippen molar-refractivity contribution < 1.29 is 16.8 Å². The van der Waals surface area contributed by atoms with Gasteiger partial charge in [-0.1, -0.05) is 32.8 Å². The summed E-state index contributed by atoms with van der Waals surface area (Å²) in [6.45, 7) is 5.88. The summed E-state index contributed by atoms with van der Waals surface area (Å²) in [6.07, 6.45) is 4.00. The number of aryl methyl sites for hydroxylation is 1. The Kier molecular flexibility index (Phi) is 5.23. The predicted molar refractivity (Wildman–Crippen MR) is 90.6 cm³/mol.